The third-order valence-electron chi connectivity index (χ3n) is 7.19. The number of carbonyl (C=O) groups is 2. The van der Waals surface area contributed by atoms with Crippen molar-refractivity contribution in [1.29, 1.82) is 0 Å². The van der Waals surface area contributed by atoms with Gasteiger partial charge in [-0.1, -0.05) is 12.1 Å². The lowest BCUT2D eigenvalue weighted by Crippen LogP contribution is -2.44. The van der Waals surface area contributed by atoms with Crippen LogP contribution in [0, 0.1) is 5.82 Å². The summed E-state index contributed by atoms with van der Waals surface area (Å²) in [5.41, 5.74) is 8.35. The smallest absolute Gasteiger partial charge is 0.383 e. The average molecular weight is 631 g/mol. The lowest BCUT2D eigenvalue weighted by molar-refractivity contribution is -0.164. The number of nitrogens with one attached hydrogen (secondary N) is 2. The molecule has 0 unspecified atom stereocenters. The molecule has 2 heterocycles. The Morgan fingerprint density at radius 3 is 2.23 bits per heavy atom. The van der Waals surface area contributed by atoms with E-state index in [1.807, 2.05) is 11.9 Å². The van der Waals surface area contributed by atoms with Crippen molar-refractivity contribution in [3.05, 3.63) is 58.9 Å². The molecule has 1 aliphatic rings. The quantitative estimate of drug-likeness (QED) is 0.275. The molecule has 10 nitrogen and oxygen atoms in total. The number of carbonyl (C=O) groups excluding carboxylic acids is 2. The second-order valence-electron chi connectivity index (χ2n) is 10.4. The average Bonchev–Trinajstić information content (AvgIpc) is 3.27. The van der Waals surface area contributed by atoms with Crippen molar-refractivity contribution in [2.24, 2.45) is 5.73 Å². The zero-order chi connectivity index (χ0) is 32.6. The van der Waals surface area contributed by atoms with Crippen LogP contribution in [0.25, 0.3) is 11.3 Å². The van der Waals surface area contributed by atoms with E-state index >= 15 is 0 Å². The van der Waals surface area contributed by atoms with E-state index in [0.29, 0.717) is 17.8 Å². The number of nitrogen functional groups attached to an aromatic ring is 1. The summed E-state index contributed by atoms with van der Waals surface area (Å²) in [7, 11) is 1.93. The topological polar surface area (TPSA) is 135 Å². The number of anilines is 3. The first-order chi connectivity index (χ1) is 20.5. The zero-order valence-electron chi connectivity index (χ0n) is 23.5. The van der Waals surface area contributed by atoms with Crippen molar-refractivity contribution in [3.8, 4) is 11.3 Å². The van der Waals surface area contributed by atoms with Crippen LogP contribution in [0.4, 0.5) is 52.7 Å². The van der Waals surface area contributed by atoms with Crippen molar-refractivity contribution in [2.45, 2.75) is 31.9 Å². The predicted octanol–water partition coefficient (Wildman–Crippen LogP) is 4.90. The minimum absolute atomic E-state index is 0.0395. The largest absolute Gasteiger partial charge is 0.416 e. The number of rotatable bonds is 7. The number of piperazine rings is 1. The highest BCUT2D eigenvalue weighted by atomic mass is 19.4. The van der Waals surface area contributed by atoms with Crippen LogP contribution in [0.1, 0.15) is 34.5 Å². The highest BCUT2D eigenvalue weighted by Gasteiger charge is 2.40. The Bertz CT molecular complexity index is 1550. The molecule has 0 spiro atoms. The fourth-order valence-corrected chi connectivity index (χ4v) is 4.68. The molecule has 17 heteroatoms. The maximum absolute atomic E-state index is 15.0. The van der Waals surface area contributed by atoms with E-state index in [1.165, 1.54) is 12.1 Å². The Hall–Kier alpha value is -4.38. The lowest BCUT2D eigenvalue weighted by atomic mass is 10.0. The van der Waals surface area contributed by atoms with Crippen LogP contribution < -0.4 is 22.1 Å². The van der Waals surface area contributed by atoms with Crippen LogP contribution in [-0.4, -0.2) is 70.9 Å². The van der Waals surface area contributed by atoms with Crippen molar-refractivity contribution in [3.63, 3.8) is 0 Å². The van der Waals surface area contributed by atoms with Crippen LogP contribution in [0.15, 0.2) is 36.4 Å². The molecular formula is C27H29F7N8O2. The van der Waals surface area contributed by atoms with Crippen LogP contribution in [0.3, 0.4) is 0 Å². The van der Waals surface area contributed by atoms with Gasteiger partial charge in [-0.2, -0.15) is 31.4 Å². The summed E-state index contributed by atoms with van der Waals surface area (Å²) in [6.45, 7) is 3.48. The summed E-state index contributed by atoms with van der Waals surface area (Å²) >= 11 is 0. The van der Waals surface area contributed by atoms with E-state index < -0.39 is 64.5 Å². The SMILES string of the molecule is C[C@H](n1nc(-c2ccc(NC(=O)Nc3ccc(CN4CCN(C)CC4)c(C(F)(F)F)c3)c(F)c2)c(C(N)=O)c1N)C(F)(F)F. The number of amides is 3. The fraction of sp³-hybridized carbons (Fsp3) is 0.370. The summed E-state index contributed by atoms with van der Waals surface area (Å²) in [6.07, 6.45) is -9.47. The maximum Gasteiger partial charge on any atom is 0.416 e. The number of aromatic nitrogens is 2. The van der Waals surface area contributed by atoms with Crippen molar-refractivity contribution in [2.75, 3.05) is 49.6 Å². The molecular weight excluding hydrogens is 601 g/mol. The fourth-order valence-electron chi connectivity index (χ4n) is 4.68. The van der Waals surface area contributed by atoms with Gasteiger partial charge in [-0.15, -0.1) is 0 Å². The third-order valence-corrected chi connectivity index (χ3v) is 7.19. The second-order valence-corrected chi connectivity index (χ2v) is 10.4. The summed E-state index contributed by atoms with van der Waals surface area (Å²) in [6, 6.07) is 3.01. The van der Waals surface area contributed by atoms with Crippen molar-refractivity contribution < 1.29 is 40.3 Å². The van der Waals surface area contributed by atoms with Crippen LogP contribution in [-0.2, 0) is 12.7 Å². The molecule has 1 aromatic heterocycles. The molecule has 0 aliphatic carbocycles. The number of nitrogens with two attached hydrogens (primary N) is 2. The molecule has 44 heavy (non-hydrogen) atoms. The molecule has 6 N–H and O–H groups in total. The zero-order valence-corrected chi connectivity index (χ0v) is 23.5. The number of urea groups is 1. The highest BCUT2D eigenvalue weighted by molar-refractivity contribution is 6.04. The Balaban J connectivity index is 1.52. The van der Waals surface area contributed by atoms with Gasteiger partial charge in [-0.3, -0.25) is 9.69 Å². The lowest BCUT2D eigenvalue weighted by Gasteiger charge is -2.33. The third kappa shape index (κ3) is 7.21. The number of hydrogen-bond donors (Lipinski definition) is 4. The predicted molar refractivity (Wildman–Crippen MR) is 148 cm³/mol. The molecule has 3 amide bonds. The molecule has 0 bridgehead atoms. The number of primary amides is 1. The van der Waals surface area contributed by atoms with Gasteiger partial charge in [0.25, 0.3) is 5.91 Å². The first-order valence-corrected chi connectivity index (χ1v) is 13.2. The van der Waals surface area contributed by atoms with Crippen LogP contribution in [0.2, 0.25) is 0 Å². The van der Waals surface area contributed by atoms with E-state index in [-0.39, 0.29) is 23.4 Å². The Kier molecular flexibility index (Phi) is 9.11. The molecule has 1 saturated heterocycles. The highest BCUT2D eigenvalue weighted by Crippen LogP contribution is 2.37. The molecule has 4 rings (SSSR count). The van der Waals surface area contributed by atoms with Gasteiger partial charge in [-0.05, 0) is 43.8 Å². The first-order valence-electron chi connectivity index (χ1n) is 13.2. The van der Waals surface area contributed by atoms with Gasteiger partial charge in [0.05, 0.1) is 11.3 Å². The number of halogens is 7. The summed E-state index contributed by atoms with van der Waals surface area (Å²) < 4.78 is 96.7. The molecule has 3 aromatic rings. The number of alkyl halides is 6. The van der Waals surface area contributed by atoms with Gasteiger partial charge in [0.15, 0.2) is 0 Å². The monoisotopic (exact) mass is 630 g/mol. The summed E-state index contributed by atoms with van der Waals surface area (Å²) in [5, 5.41) is 8.14. The van der Waals surface area contributed by atoms with Gasteiger partial charge < -0.3 is 27.0 Å². The normalized spacial score (nSPS) is 15.7. The number of hydrogen-bond acceptors (Lipinski definition) is 6. The minimum atomic E-state index is -4.77. The molecule has 1 atom stereocenters. The Labute approximate surface area is 246 Å². The molecule has 2 aromatic carbocycles. The van der Waals surface area contributed by atoms with Gasteiger partial charge in [-0.25, -0.2) is 13.9 Å². The van der Waals surface area contributed by atoms with Gasteiger partial charge >= 0.3 is 18.4 Å². The summed E-state index contributed by atoms with van der Waals surface area (Å²) in [4.78, 5) is 28.5. The van der Waals surface area contributed by atoms with Crippen LogP contribution in [0.5, 0.6) is 0 Å². The van der Waals surface area contributed by atoms with Crippen molar-refractivity contribution in [1.82, 2.24) is 19.6 Å². The molecule has 238 valence electrons. The summed E-state index contributed by atoms with van der Waals surface area (Å²) in [5.74, 6) is -2.97. The van der Waals surface area contributed by atoms with E-state index in [0.717, 1.165) is 44.3 Å². The number of nitrogens with zero attached hydrogens (tertiary/aromatic N) is 4. The van der Waals surface area contributed by atoms with E-state index in [1.54, 1.807) is 0 Å². The first kappa shape index (κ1) is 32.5. The van der Waals surface area contributed by atoms with E-state index in [4.69, 9.17) is 11.5 Å². The Morgan fingerprint density at radius 2 is 1.66 bits per heavy atom. The van der Waals surface area contributed by atoms with Gasteiger partial charge in [0.1, 0.15) is 28.9 Å². The van der Waals surface area contributed by atoms with E-state index in [2.05, 4.69) is 20.6 Å². The molecule has 0 saturated carbocycles. The standard InChI is InChI=1S/C27H29F7N8O2/c1-14(26(29,30)31)42-23(35)21(24(36)43)22(39-42)15-4-6-20(19(28)11-15)38-25(44)37-17-5-3-16(18(12-17)27(32,33)34)13-41-9-7-40(2)8-10-41/h3-6,11-12,14H,7-10,13,35H2,1-2H3,(H2,36,43)(H2,37,38,44)/t14-/m0/s1. The number of likely N-dealkylation sites (N-methyl/N-ethyl adjacent to an activating group) is 1. The van der Waals surface area contributed by atoms with Crippen LogP contribution >= 0.6 is 0 Å². The van der Waals surface area contributed by atoms with Gasteiger partial charge in [0.2, 0.25) is 0 Å². The molecule has 1 aliphatic heterocycles. The maximum atomic E-state index is 15.0. The second kappa shape index (κ2) is 12.3. The molecule has 1 fully saturated rings. The Morgan fingerprint density at radius 1 is 1.00 bits per heavy atom. The van der Waals surface area contributed by atoms with E-state index in [9.17, 15) is 40.3 Å². The molecule has 0 radical (unpaired) electrons. The number of benzene rings is 2. The van der Waals surface area contributed by atoms with Gasteiger partial charge in [0, 0.05) is 44.0 Å². The minimum Gasteiger partial charge on any atom is -0.383 e. The van der Waals surface area contributed by atoms with Crippen molar-refractivity contribution >= 4 is 29.1 Å².